The maximum atomic E-state index is 15.1. The SMILES string of the molecule is CCn1cc(C(=O)O)c(=O)c2cc(F)c(N3CCN(c4cccc5ccccc45)CC3)cc21. The Balaban J connectivity index is 1.47. The summed E-state index contributed by atoms with van der Waals surface area (Å²) in [5.74, 6) is -1.82. The van der Waals surface area contributed by atoms with Crippen molar-refractivity contribution in [1.82, 2.24) is 4.57 Å². The van der Waals surface area contributed by atoms with Gasteiger partial charge in [-0.25, -0.2) is 9.18 Å². The van der Waals surface area contributed by atoms with E-state index in [-0.39, 0.29) is 10.9 Å². The second-order valence-corrected chi connectivity index (χ2v) is 8.26. The fraction of sp³-hybridized carbons (Fsp3) is 0.231. The molecule has 1 aliphatic heterocycles. The number of hydrogen-bond donors (Lipinski definition) is 1. The van der Waals surface area contributed by atoms with Crippen molar-refractivity contribution in [2.75, 3.05) is 36.0 Å². The second-order valence-electron chi connectivity index (χ2n) is 8.26. The Hall–Kier alpha value is -3.87. The maximum absolute atomic E-state index is 15.1. The molecule has 1 aliphatic rings. The lowest BCUT2D eigenvalue weighted by atomic mass is 10.1. The molecule has 1 fully saturated rings. The molecule has 5 rings (SSSR count). The highest BCUT2D eigenvalue weighted by Crippen LogP contribution is 2.30. The molecule has 168 valence electrons. The maximum Gasteiger partial charge on any atom is 0.341 e. The van der Waals surface area contributed by atoms with Gasteiger partial charge in [-0.2, -0.15) is 0 Å². The number of rotatable bonds is 4. The van der Waals surface area contributed by atoms with Crippen molar-refractivity contribution in [3.8, 4) is 0 Å². The molecule has 4 aromatic rings. The second kappa shape index (κ2) is 8.24. The van der Waals surface area contributed by atoms with E-state index in [9.17, 15) is 14.7 Å². The first-order valence-electron chi connectivity index (χ1n) is 11.1. The molecule has 2 heterocycles. The van der Waals surface area contributed by atoms with Crippen LogP contribution in [0.2, 0.25) is 0 Å². The Morgan fingerprint density at radius 3 is 2.30 bits per heavy atom. The molecule has 0 aliphatic carbocycles. The summed E-state index contributed by atoms with van der Waals surface area (Å²) in [7, 11) is 0. The number of pyridine rings is 1. The lowest BCUT2D eigenvalue weighted by Crippen LogP contribution is -2.47. The highest BCUT2D eigenvalue weighted by atomic mass is 19.1. The Morgan fingerprint density at radius 2 is 1.61 bits per heavy atom. The van der Waals surface area contributed by atoms with Gasteiger partial charge in [-0.1, -0.05) is 36.4 Å². The Kier molecular flexibility index (Phi) is 5.24. The zero-order valence-electron chi connectivity index (χ0n) is 18.3. The predicted octanol–water partition coefficient (Wildman–Crippen LogP) is 4.34. The van der Waals surface area contributed by atoms with Gasteiger partial charge in [-0.05, 0) is 30.5 Å². The van der Waals surface area contributed by atoms with Gasteiger partial charge in [0.25, 0.3) is 0 Å². The lowest BCUT2D eigenvalue weighted by Gasteiger charge is -2.38. The summed E-state index contributed by atoms with van der Waals surface area (Å²) in [6.45, 7) is 5.08. The molecule has 0 saturated carbocycles. The summed E-state index contributed by atoms with van der Waals surface area (Å²) < 4.78 is 16.8. The minimum absolute atomic E-state index is 0.0902. The number of hydrogen-bond acceptors (Lipinski definition) is 4. The molecule has 1 saturated heterocycles. The average molecular weight is 445 g/mol. The van der Waals surface area contributed by atoms with Gasteiger partial charge in [-0.15, -0.1) is 0 Å². The smallest absolute Gasteiger partial charge is 0.341 e. The summed E-state index contributed by atoms with van der Waals surface area (Å²) in [5, 5.41) is 11.8. The normalized spacial score (nSPS) is 14.2. The van der Waals surface area contributed by atoms with Crippen LogP contribution in [0.3, 0.4) is 0 Å². The third-order valence-electron chi connectivity index (χ3n) is 6.45. The number of aryl methyl sites for hydroxylation is 1. The van der Waals surface area contributed by atoms with Crippen LogP contribution in [0.4, 0.5) is 15.8 Å². The molecular weight excluding hydrogens is 421 g/mol. The van der Waals surface area contributed by atoms with Crippen molar-refractivity contribution in [2.45, 2.75) is 13.5 Å². The van der Waals surface area contributed by atoms with Crippen LogP contribution in [0, 0.1) is 5.82 Å². The lowest BCUT2D eigenvalue weighted by molar-refractivity contribution is 0.0695. The van der Waals surface area contributed by atoms with Crippen LogP contribution in [-0.4, -0.2) is 41.8 Å². The number of halogens is 1. The zero-order valence-corrected chi connectivity index (χ0v) is 18.3. The number of aromatic carboxylic acids is 1. The number of carboxylic acids is 1. The van der Waals surface area contributed by atoms with Crippen LogP contribution in [0.1, 0.15) is 17.3 Å². The first-order valence-corrected chi connectivity index (χ1v) is 11.1. The van der Waals surface area contributed by atoms with Crippen molar-refractivity contribution in [3.63, 3.8) is 0 Å². The molecule has 0 bridgehead atoms. The standard InChI is InChI=1S/C26H24FN3O3/c1-2-28-16-20(26(32)33)25(31)19-14-21(27)24(15-23(19)28)30-12-10-29(11-13-30)22-9-5-7-17-6-3-4-8-18(17)22/h3-9,14-16H,2,10-13H2,1H3,(H,32,33). The first kappa shape index (κ1) is 21.0. The number of fused-ring (bicyclic) bond motifs is 2. The summed E-state index contributed by atoms with van der Waals surface area (Å²) in [6, 6.07) is 17.4. The Bertz CT molecular complexity index is 1430. The molecule has 0 unspecified atom stereocenters. The van der Waals surface area contributed by atoms with Gasteiger partial charge < -0.3 is 19.5 Å². The molecule has 33 heavy (non-hydrogen) atoms. The van der Waals surface area contributed by atoms with E-state index in [2.05, 4.69) is 35.2 Å². The summed E-state index contributed by atoms with van der Waals surface area (Å²) >= 11 is 0. The molecular formula is C26H24FN3O3. The molecule has 0 spiro atoms. The molecule has 6 nitrogen and oxygen atoms in total. The number of aromatic nitrogens is 1. The molecule has 1 aromatic heterocycles. The van der Waals surface area contributed by atoms with E-state index in [0.29, 0.717) is 30.8 Å². The van der Waals surface area contributed by atoms with Gasteiger partial charge in [0.05, 0.1) is 11.2 Å². The third kappa shape index (κ3) is 3.59. The van der Waals surface area contributed by atoms with Crippen LogP contribution >= 0.6 is 0 Å². The van der Waals surface area contributed by atoms with Gasteiger partial charge in [0.2, 0.25) is 5.43 Å². The van der Waals surface area contributed by atoms with Crippen LogP contribution in [0.15, 0.2) is 65.6 Å². The van der Waals surface area contributed by atoms with Gasteiger partial charge in [0.1, 0.15) is 11.4 Å². The highest BCUT2D eigenvalue weighted by Gasteiger charge is 2.23. The number of carboxylic acid groups (broad SMARTS) is 1. The highest BCUT2D eigenvalue weighted by molar-refractivity contribution is 5.95. The minimum Gasteiger partial charge on any atom is -0.477 e. The quantitative estimate of drug-likeness (QED) is 0.506. The summed E-state index contributed by atoms with van der Waals surface area (Å²) in [6.07, 6.45) is 1.34. The van der Waals surface area contributed by atoms with E-state index < -0.39 is 17.2 Å². The van der Waals surface area contributed by atoms with Gasteiger partial charge >= 0.3 is 5.97 Å². The fourth-order valence-corrected chi connectivity index (χ4v) is 4.73. The van der Waals surface area contributed by atoms with Gasteiger partial charge in [0.15, 0.2) is 0 Å². The molecule has 0 amide bonds. The van der Waals surface area contributed by atoms with E-state index >= 15 is 4.39 Å². The first-order chi connectivity index (χ1) is 16.0. The number of benzene rings is 3. The van der Waals surface area contributed by atoms with E-state index in [1.54, 1.807) is 10.6 Å². The molecule has 0 radical (unpaired) electrons. The van der Waals surface area contributed by atoms with Crippen molar-refractivity contribution in [1.29, 1.82) is 0 Å². The number of anilines is 2. The van der Waals surface area contributed by atoms with Crippen LogP contribution < -0.4 is 15.2 Å². The molecule has 1 N–H and O–H groups in total. The monoisotopic (exact) mass is 445 g/mol. The summed E-state index contributed by atoms with van der Waals surface area (Å²) in [4.78, 5) is 28.4. The van der Waals surface area contributed by atoms with E-state index in [1.165, 1.54) is 28.7 Å². The molecule has 3 aromatic carbocycles. The third-order valence-corrected chi connectivity index (χ3v) is 6.45. The van der Waals surface area contributed by atoms with Gasteiger partial charge in [-0.3, -0.25) is 4.79 Å². The Labute approximate surface area is 190 Å². The van der Waals surface area contributed by atoms with Crippen molar-refractivity contribution in [2.24, 2.45) is 0 Å². The van der Waals surface area contributed by atoms with Crippen molar-refractivity contribution >= 4 is 39.0 Å². The zero-order chi connectivity index (χ0) is 23.1. The number of nitrogens with zero attached hydrogens (tertiary/aromatic N) is 3. The van der Waals surface area contributed by atoms with Crippen LogP contribution in [0.25, 0.3) is 21.7 Å². The van der Waals surface area contributed by atoms with E-state index in [0.717, 1.165) is 13.1 Å². The average Bonchev–Trinajstić information content (AvgIpc) is 2.84. The Morgan fingerprint density at radius 1 is 0.939 bits per heavy atom. The minimum atomic E-state index is -1.31. The van der Waals surface area contributed by atoms with E-state index in [1.807, 2.05) is 24.0 Å². The fourth-order valence-electron chi connectivity index (χ4n) is 4.73. The summed E-state index contributed by atoms with van der Waals surface area (Å²) in [5.41, 5.74) is 1.14. The van der Waals surface area contributed by atoms with Crippen LogP contribution in [-0.2, 0) is 6.54 Å². The molecule has 7 heteroatoms. The largest absolute Gasteiger partial charge is 0.477 e. The number of carbonyl (C=O) groups is 1. The predicted molar refractivity (Wildman–Crippen MR) is 129 cm³/mol. The van der Waals surface area contributed by atoms with Crippen molar-refractivity contribution < 1.29 is 14.3 Å². The van der Waals surface area contributed by atoms with E-state index in [4.69, 9.17) is 0 Å². The van der Waals surface area contributed by atoms with Crippen molar-refractivity contribution in [3.05, 3.63) is 82.4 Å². The van der Waals surface area contributed by atoms with Crippen LogP contribution in [0.5, 0.6) is 0 Å². The molecule has 0 atom stereocenters. The number of piperazine rings is 1. The van der Waals surface area contributed by atoms with Gasteiger partial charge in [0, 0.05) is 55.4 Å². The topological polar surface area (TPSA) is 65.8 Å².